The number of nitrogens with zero attached hydrogens (tertiary/aromatic N) is 2. The first-order valence-electron chi connectivity index (χ1n) is 7.68. The molecule has 0 radical (unpaired) electrons. The molecule has 130 valence electrons. The zero-order valence-electron chi connectivity index (χ0n) is 14.7. The van der Waals surface area contributed by atoms with E-state index < -0.39 is 0 Å². The van der Waals surface area contributed by atoms with Crippen LogP contribution < -0.4 is 10.6 Å². The highest BCUT2D eigenvalue weighted by atomic mass is 16.4. The highest BCUT2D eigenvalue weighted by molar-refractivity contribution is 5.94. The molecule has 0 aliphatic heterocycles. The number of hydrogen-bond acceptors (Lipinski definition) is 6. The van der Waals surface area contributed by atoms with Gasteiger partial charge in [-0.25, -0.2) is 9.97 Å². The Balaban J connectivity index is 1.98. The molecule has 0 fully saturated rings. The molecule has 0 bridgehead atoms. The van der Waals surface area contributed by atoms with Gasteiger partial charge in [-0.2, -0.15) is 0 Å². The van der Waals surface area contributed by atoms with Gasteiger partial charge in [-0.1, -0.05) is 0 Å². The lowest BCUT2D eigenvalue weighted by atomic mass is 10.1. The predicted octanol–water partition coefficient (Wildman–Crippen LogP) is 1.83. The van der Waals surface area contributed by atoms with Crippen LogP contribution in [0.4, 0.5) is 0 Å². The smallest absolute Gasteiger partial charge is 0.273 e. The molecular weight excluding hydrogens is 312 g/mol. The maximum absolute atomic E-state index is 12.2. The molecule has 8 heteroatoms. The van der Waals surface area contributed by atoms with Crippen molar-refractivity contribution < 1.29 is 18.4 Å². The normalized spacial score (nSPS) is 13.4. The molecule has 0 aliphatic rings. The van der Waals surface area contributed by atoms with E-state index in [0.29, 0.717) is 23.3 Å². The first-order chi connectivity index (χ1) is 11.2. The molecule has 0 saturated carbocycles. The number of carbonyl (C=O) groups excluding carboxylic acids is 2. The molecular formula is C16H22N4O4. The Labute approximate surface area is 140 Å². The minimum absolute atomic E-state index is 0.251. The monoisotopic (exact) mass is 334 g/mol. The Morgan fingerprint density at radius 2 is 1.12 bits per heavy atom. The van der Waals surface area contributed by atoms with Crippen LogP contribution in [0.25, 0.3) is 0 Å². The van der Waals surface area contributed by atoms with Crippen molar-refractivity contribution in [2.24, 2.45) is 0 Å². The van der Waals surface area contributed by atoms with Crippen LogP contribution in [0, 0.1) is 27.7 Å². The molecule has 0 aliphatic carbocycles. The van der Waals surface area contributed by atoms with Crippen LogP contribution in [-0.2, 0) is 0 Å². The second-order valence-electron chi connectivity index (χ2n) is 5.80. The number of amides is 2. The standard InChI is InChI=1S/C16H22N4O4/c1-7(17-15(21)13-9(3)23-11(5)19-13)8(2)18-16(22)14-10(4)24-12(6)20-14/h7-8H,1-6H3,(H,17,21)(H,18,22). The Hall–Kier alpha value is -2.64. The van der Waals surface area contributed by atoms with Crippen molar-refractivity contribution in [1.82, 2.24) is 20.6 Å². The highest BCUT2D eigenvalue weighted by Crippen LogP contribution is 2.11. The average Bonchev–Trinajstić information content (AvgIpc) is 2.99. The maximum atomic E-state index is 12.2. The number of aromatic nitrogens is 2. The van der Waals surface area contributed by atoms with E-state index in [0.717, 1.165) is 0 Å². The fraction of sp³-hybridized carbons (Fsp3) is 0.500. The quantitative estimate of drug-likeness (QED) is 0.863. The van der Waals surface area contributed by atoms with Gasteiger partial charge in [-0.3, -0.25) is 9.59 Å². The first-order valence-corrected chi connectivity index (χ1v) is 7.68. The number of hydrogen-bond donors (Lipinski definition) is 2. The van der Waals surface area contributed by atoms with Gasteiger partial charge in [0, 0.05) is 25.9 Å². The van der Waals surface area contributed by atoms with E-state index in [2.05, 4.69) is 20.6 Å². The predicted molar refractivity (Wildman–Crippen MR) is 85.8 cm³/mol. The van der Waals surface area contributed by atoms with Crippen molar-refractivity contribution in [2.75, 3.05) is 0 Å². The topological polar surface area (TPSA) is 110 Å². The summed E-state index contributed by atoms with van der Waals surface area (Å²) < 4.78 is 10.5. The summed E-state index contributed by atoms with van der Waals surface area (Å²) >= 11 is 0. The number of carbonyl (C=O) groups is 2. The molecule has 8 nitrogen and oxygen atoms in total. The van der Waals surface area contributed by atoms with Gasteiger partial charge >= 0.3 is 0 Å². The summed E-state index contributed by atoms with van der Waals surface area (Å²) in [6.07, 6.45) is 0. The highest BCUT2D eigenvalue weighted by Gasteiger charge is 2.23. The van der Waals surface area contributed by atoms with Crippen LogP contribution in [0.15, 0.2) is 8.83 Å². The molecule has 2 atom stereocenters. The van der Waals surface area contributed by atoms with Crippen molar-refractivity contribution in [2.45, 2.75) is 53.6 Å². The lowest BCUT2D eigenvalue weighted by molar-refractivity contribution is 0.0885. The van der Waals surface area contributed by atoms with Crippen LogP contribution >= 0.6 is 0 Å². The van der Waals surface area contributed by atoms with Crippen molar-refractivity contribution in [3.05, 3.63) is 34.7 Å². The first kappa shape index (κ1) is 17.7. The Bertz CT molecular complexity index is 698. The summed E-state index contributed by atoms with van der Waals surface area (Å²) in [5.74, 6) is 1.11. The van der Waals surface area contributed by atoms with Crippen molar-refractivity contribution in [3.8, 4) is 0 Å². The summed E-state index contributed by atoms with van der Waals surface area (Å²) in [6, 6.07) is -0.627. The van der Waals surface area contributed by atoms with Gasteiger partial charge in [0.1, 0.15) is 11.5 Å². The maximum Gasteiger partial charge on any atom is 0.273 e. The largest absolute Gasteiger partial charge is 0.445 e. The lowest BCUT2D eigenvalue weighted by Gasteiger charge is -2.21. The van der Waals surface area contributed by atoms with Crippen molar-refractivity contribution in [1.29, 1.82) is 0 Å². The summed E-state index contributed by atoms with van der Waals surface area (Å²) in [6.45, 7) is 10.3. The van der Waals surface area contributed by atoms with Crippen molar-refractivity contribution in [3.63, 3.8) is 0 Å². The Kier molecular flexibility index (Phi) is 5.06. The summed E-state index contributed by atoms with van der Waals surface area (Å²) in [4.78, 5) is 32.6. The van der Waals surface area contributed by atoms with E-state index in [-0.39, 0.29) is 35.3 Å². The molecule has 2 unspecified atom stereocenters. The molecule has 2 heterocycles. The van der Waals surface area contributed by atoms with Crippen LogP contribution in [0.3, 0.4) is 0 Å². The molecule has 0 aromatic carbocycles. The van der Waals surface area contributed by atoms with E-state index in [9.17, 15) is 9.59 Å². The third-order valence-electron chi connectivity index (χ3n) is 3.70. The zero-order valence-corrected chi connectivity index (χ0v) is 14.7. The van der Waals surface area contributed by atoms with Gasteiger partial charge in [0.25, 0.3) is 11.8 Å². The summed E-state index contributed by atoms with van der Waals surface area (Å²) in [7, 11) is 0. The van der Waals surface area contributed by atoms with E-state index in [1.807, 2.05) is 0 Å². The Morgan fingerprint density at radius 3 is 1.38 bits per heavy atom. The van der Waals surface area contributed by atoms with Crippen molar-refractivity contribution >= 4 is 11.8 Å². The van der Waals surface area contributed by atoms with Crippen LogP contribution in [0.1, 0.15) is 58.1 Å². The van der Waals surface area contributed by atoms with Gasteiger partial charge in [-0.05, 0) is 27.7 Å². The zero-order chi connectivity index (χ0) is 18.0. The fourth-order valence-electron chi connectivity index (χ4n) is 2.28. The number of rotatable bonds is 5. The van der Waals surface area contributed by atoms with Crippen LogP contribution in [0.2, 0.25) is 0 Å². The fourth-order valence-corrected chi connectivity index (χ4v) is 2.28. The number of nitrogens with one attached hydrogen (secondary N) is 2. The van der Waals surface area contributed by atoms with Crippen LogP contribution in [0.5, 0.6) is 0 Å². The lowest BCUT2D eigenvalue weighted by Crippen LogP contribution is -2.48. The van der Waals surface area contributed by atoms with E-state index in [1.165, 1.54) is 0 Å². The van der Waals surface area contributed by atoms with Gasteiger partial charge in [0.15, 0.2) is 23.2 Å². The summed E-state index contributed by atoms with van der Waals surface area (Å²) in [5.41, 5.74) is 0.502. The number of aryl methyl sites for hydroxylation is 4. The average molecular weight is 334 g/mol. The molecule has 0 saturated heterocycles. The van der Waals surface area contributed by atoms with E-state index >= 15 is 0 Å². The molecule has 2 aromatic rings. The molecule has 2 N–H and O–H groups in total. The van der Waals surface area contributed by atoms with Gasteiger partial charge in [-0.15, -0.1) is 0 Å². The minimum atomic E-state index is -0.341. The second-order valence-corrected chi connectivity index (χ2v) is 5.80. The van der Waals surface area contributed by atoms with Crippen LogP contribution in [-0.4, -0.2) is 33.9 Å². The molecule has 2 aromatic heterocycles. The third-order valence-corrected chi connectivity index (χ3v) is 3.70. The molecule has 2 amide bonds. The van der Waals surface area contributed by atoms with Gasteiger partial charge in [0.2, 0.25) is 0 Å². The minimum Gasteiger partial charge on any atom is -0.445 e. The molecule has 0 spiro atoms. The second kappa shape index (κ2) is 6.86. The van der Waals surface area contributed by atoms with E-state index in [1.54, 1.807) is 41.5 Å². The number of oxazole rings is 2. The Morgan fingerprint density at radius 1 is 0.792 bits per heavy atom. The third kappa shape index (κ3) is 3.81. The molecule has 24 heavy (non-hydrogen) atoms. The molecule has 2 rings (SSSR count). The van der Waals surface area contributed by atoms with Gasteiger partial charge < -0.3 is 19.5 Å². The van der Waals surface area contributed by atoms with Gasteiger partial charge in [0.05, 0.1) is 0 Å². The van der Waals surface area contributed by atoms with E-state index in [4.69, 9.17) is 8.83 Å². The summed E-state index contributed by atoms with van der Waals surface area (Å²) in [5, 5.41) is 5.61. The SMILES string of the molecule is Cc1nc(C(=O)NC(C)C(C)NC(=O)c2nc(C)oc2C)c(C)o1.